The average Bonchev–Trinajstić information content (AvgIpc) is 2.84. The highest BCUT2D eigenvalue weighted by molar-refractivity contribution is 6.27. The van der Waals surface area contributed by atoms with Crippen molar-refractivity contribution in [3.8, 4) is 0 Å². The van der Waals surface area contributed by atoms with Gasteiger partial charge in [-0.25, -0.2) is 0 Å². The number of rotatable bonds is 1. The Bertz CT molecular complexity index is 258. The van der Waals surface area contributed by atoms with E-state index in [1.165, 1.54) is 5.57 Å². The molecule has 0 atom stereocenters. The van der Waals surface area contributed by atoms with Crippen molar-refractivity contribution in [1.82, 2.24) is 4.90 Å². The molecule has 13 heavy (non-hydrogen) atoms. The highest BCUT2D eigenvalue weighted by atomic mass is 35.5. The molecule has 0 N–H and O–H groups in total. The molecule has 3 heteroatoms. The summed E-state index contributed by atoms with van der Waals surface area (Å²) < 4.78 is 0. The van der Waals surface area contributed by atoms with Crippen LogP contribution in [0, 0.1) is 0 Å². The zero-order chi connectivity index (χ0) is 9.47. The third-order valence-electron chi connectivity index (χ3n) is 3.08. The Hall–Kier alpha value is -0.500. The summed E-state index contributed by atoms with van der Waals surface area (Å²) in [5.41, 5.74) is 1.43. The molecule has 0 aromatic heterocycles. The summed E-state index contributed by atoms with van der Waals surface area (Å²) in [6.07, 6.45) is 4.21. The first-order valence-corrected chi connectivity index (χ1v) is 5.24. The molecular weight excluding hydrogens is 186 g/mol. The molecule has 0 bridgehead atoms. The maximum Gasteiger partial charge on any atom is 0.237 e. The van der Waals surface area contributed by atoms with E-state index in [0.717, 1.165) is 32.2 Å². The Morgan fingerprint density at radius 3 is 2.85 bits per heavy atom. The molecule has 1 aliphatic carbocycles. The second kappa shape index (κ2) is 3.02. The number of carbonyl (C=O) groups is 1. The van der Waals surface area contributed by atoms with E-state index in [1.54, 1.807) is 0 Å². The van der Waals surface area contributed by atoms with Crippen molar-refractivity contribution < 1.29 is 4.79 Å². The lowest BCUT2D eigenvalue weighted by molar-refractivity contribution is -0.132. The topological polar surface area (TPSA) is 20.3 Å². The average molecular weight is 200 g/mol. The fourth-order valence-electron chi connectivity index (χ4n) is 2.21. The fourth-order valence-corrected chi connectivity index (χ4v) is 2.35. The molecule has 1 aliphatic heterocycles. The monoisotopic (exact) mass is 199 g/mol. The van der Waals surface area contributed by atoms with Gasteiger partial charge in [-0.05, 0) is 25.7 Å². The van der Waals surface area contributed by atoms with Crippen LogP contribution in [0.4, 0.5) is 0 Å². The van der Waals surface area contributed by atoms with Gasteiger partial charge in [-0.15, -0.1) is 11.6 Å². The van der Waals surface area contributed by atoms with E-state index >= 15 is 0 Å². The van der Waals surface area contributed by atoms with Gasteiger partial charge in [0.2, 0.25) is 5.91 Å². The quantitative estimate of drug-likeness (QED) is 0.467. The number of hydrogen-bond acceptors (Lipinski definition) is 1. The Labute approximate surface area is 83.5 Å². The van der Waals surface area contributed by atoms with Gasteiger partial charge in [-0.2, -0.15) is 0 Å². The van der Waals surface area contributed by atoms with Crippen LogP contribution in [0.25, 0.3) is 0 Å². The molecule has 2 rings (SSSR count). The number of amides is 1. The molecule has 0 aromatic rings. The summed E-state index contributed by atoms with van der Waals surface area (Å²) in [6.45, 7) is 4.82. The first kappa shape index (κ1) is 9.07. The molecule has 1 amide bonds. The van der Waals surface area contributed by atoms with Gasteiger partial charge in [0.15, 0.2) is 0 Å². The predicted octanol–water partition coefficient (Wildman–Crippen LogP) is 1.94. The summed E-state index contributed by atoms with van der Waals surface area (Å²) in [6, 6.07) is 0. The fraction of sp³-hybridized carbons (Fsp3) is 0.700. The van der Waals surface area contributed by atoms with Crippen molar-refractivity contribution >= 4 is 17.5 Å². The Morgan fingerprint density at radius 1 is 1.62 bits per heavy atom. The number of halogens is 1. The van der Waals surface area contributed by atoms with Crippen molar-refractivity contribution in [3.05, 3.63) is 12.2 Å². The van der Waals surface area contributed by atoms with Crippen LogP contribution in [-0.4, -0.2) is 28.8 Å². The second-order valence-electron chi connectivity index (χ2n) is 4.08. The Morgan fingerprint density at radius 2 is 2.31 bits per heavy atom. The standard InChI is InChI=1S/C10H14ClNO/c1-8-2-5-12(9(13)7-11)10(6-8)3-4-10/h1-7H2. The van der Waals surface area contributed by atoms with E-state index in [4.69, 9.17) is 11.6 Å². The van der Waals surface area contributed by atoms with Gasteiger partial charge >= 0.3 is 0 Å². The highest BCUT2D eigenvalue weighted by Gasteiger charge is 2.51. The summed E-state index contributed by atoms with van der Waals surface area (Å²) in [5.74, 6) is 0.209. The molecule has 0 unspecified atom stereocenters. The number of carbonyl (C=O) groups excluding carboxylic acids is 1. The molecule has 72 valence electrons. The van der Waals surface area contributed by atoms with Crippen LogP contribution in [0.15, 0.2) is 12.2 Å². The molecule has 1 heterocycles. The van der Waals surface area contributed by atoms with Crippen molar-refractivity contribution in [3.63, 3.8) is 0 Å². The van der Waals surface area contributed by atoms with Gasteiger partial charge in [-0.1, -0.05) is 12.2 Å². The molecule has 1 saturated heterocycles. The number of alkyl halides is 1. The summed E-state index contributed by atoms with van der Waals surface area (Å²) in [7, 11) is 0. The van der Waals surface area contributed by atoms with E-state index in [-0.39, 0.29) is 17.3 Å². The first-order chi connectivity index (χ1) is 6.18. The zero-order valence-electron chi connectivity index (χ0n) is 7.68. The Kier molecular flexibility index (Phi) is 2.11. The minimum Gasteiger partial charge on any atom is -0.335 e. The zero-order valence-corrected chi connectivity index (χ0v) is 8.44. The highest BCUT2D eigenvalue weighted by Crippen LogP contribution is 2.49. The van der Waals surface area contributed by atoms with E-state index in [0.29, 0.717) is 0 Å². The van der Waals surface area contributed by atoms with Crippen LogP contribution < -0.4 is 0 Å². The molecule has 2 aliphatic rings. The summed E-state index contributed by atoms with van der Waals surface area (Å²) in [5, 5.41) is 0. The summed E-state index contributed by atoms with van der Waals surface area (Å²) in [4.78, 5) is 13.5. The number of nitrogens with zero attached hydrogens (tertiary/aromatic N) is 1. The lowest BCUT2D eigenvalue weighted by Gasteiger charge is -2.37. The predicted molar refractivity (Wildman–Crippen MR) is 52.8 cm³/mol. The van der Waals surface area contributed by atoms with Crippen molar-refractivity contribution in [2.75, 3.05) is 12.4 Å². The lowest BCUT2D eigenvalue weighted by Crippen LogP contribution is -2.46. The Balaban J connectivity index is 2.11. The van der Waals surface area contributed by atoms with Gasteiger partial charge in [0, 0.05) is 12.1 Å². The number of piperidine rings is 1. The van der Waals surface area contributed by atoms with Crippen molar-refractivity contribution in [1.29, 1.82) is 0 Å². The molecule has 1 saturated carbocycles. The van der Waals surface area contributed by atoms with Crippen LogP contribution in [0.2, 0.25) is 0 Å². The molecule has 1 spiro atoms. The normalized spacial score (nSPS) is 25.0. The van der Waals surface area contributed by atoms with Crippen LogP contribution >= 0.6 is 11.6 Å². The molecule has 0 aromatic carbocycles. The largest absolute Gasteiger partial charge is 0.335 e. The van der Waals surface area contributed by atoms with Gasteiger partial charge in [-0.3, -0.25) is 4.79 Å². The third kappa shape index (κ3) is 1.48. The molecular formula is C10H14ClNO. The van der Waals surface area contributed by atoms with Crippen LogP contribution in [0.1, 0.15) is 25.7 Å². The van der Waals surface area contributed by atoms with E-state index in [1.807, 2.05) is 4.90 Å². The second-order valence-corrected chi connectivity index (χ2v) is 4.35. The van der Waals surface area contributed by atoms with Gasteiger partial charge < -0.3 is 4.90 Å². The first-order valence-electron chi connectivity index (χ1n) is 4.71. The van der Waals surface area contributed by atoms with Gasteiger partial charge in [0.1, 0.15) is 5.88 Å². The molecule has 0 radical (unpaired) electrons. The lowest BCUT2D eigenvalue weighted by atomic mass is 9.96. The minimum absolute atomic E-state index is 0.0895. The van der Waals surface area contributed by atoms with E-state index < -0.39 is 0 Å². The van der Waals surface area contributed by atoms with E-state index in [9.17, 15) is 4.79 Å². The maximum absolute atomic E-state index is 11.5. The molecule has 2 fully saturated rings. The van der Waals surface area contributed by atoms with Crippen LogP contribution in [0.3, 0.4) is 0 Å². The number of likely N-dealkylation sites (tertiary alicyclic amines) is 1. The van der Waals surface area contributed by atoms with E-state index in [2.05, 4.69) is 6.58 Å². The SMILES string of the molecule is C=C1CCN(C(=O)CCl)C2(CC2)C1. The van der Waals surface area contributed by atoms with Crippen molar-refractivity contribution in [2.45, 2.75) is 31.2 Å². The van der Waals surface area contributed by atoms with Gasteiger partial charge in [0.05, 0.1) is 0 Å². The van der Waals surface area contributed by atoms with Gasteiger partial charge in [0.25, 0.3) is 0 Å². The minimum atomic E-state index is 0.0895. The van der Waals surface area contributed by atoms with Crippen LogP contribution in [0.5, 0.6) is 0 Å². The smallest absolute Gasteiger partial charge is 0.237 e. The van der Waals surface area contributed by atoms with Crippen molar-refractivity contribution in [2.24, 2.45) is 0 Å². The van der Waals surface area contributed by atoms with Crippen LogP contribution in [-0.2, 0) is 4.79 Å². The maximum atomic E-state index is 11.5. The molecule has 2 nitrogen and oxygen atoms in total. The summed E-state index contributed by atoms with van der Waals surface area (Å²) >= 11 is 5.56. The number of hydrogen-bond donors (Lipinski definition) is 0. The third-order valence-corrected chi connectivity index (χ3v) is 3.31.